The highest BCUT2D eigenvalue weighted by Gasteiger charge is 2.17. The third-order valence-corrected chi connectivity index (χ3v) is 6.00. The molecule has 0 saturated carbocycles. The van der Waals surface area contributed by atoms with E-state index in [9.17, 15) is 8.42 Å². The summed E-state index contributed by atoms with van der Waals surface area (Å²) in [6.45, 7) is 6.62. The Morgan fingerprint density at radius 1 is 1.20 bits per heavy atom. The SMILES string of the molecule is CCNC(=NCCS(=O)(=O)CC)N1CCC(=Cc2ccccc2)CC1. The maximum Gasteiger partial charge on any atom is 0.193 e. The predicted octanol–water partition coefficient (Wildman–Crippen LogP) is 2.57. The zero-order chi connectivity index (χ0) is 18.1. The first kappa shape index (κ1) is 19.5. The van der Waals surface area contributed by atoms with Crippen molar-refractivity contribution in [1.29, 1.82) is 0 Å². The molecule has 2 rings (SSSR count). The number of hydrogen-bond acceptors (Lipinski definition) is 3. The van der Waals surface area contributed by atoms with Gasteiger partial charge < -0.3 is 10.2 Å². The second kappa shape index (κ2) is 9.61. The van der Waals surface area contributed by atoms with Crippen LogP contribution in [-0.4, -0.2) is 57.0 Å². The van der Waals surface area contributed by atoms with Crippen LogP contribution in [0.15, 0.2) is 40.9 Å². The number of piperidine rings is 1. The molecule has 0 aromatic heterocycles. The van der Waals surface area contributed by atoms with Gasteiger partial charge in [-0.1, -0.05) is 48.9 Å². The summed E-state index contributed by atoms with van der Waals surface area (Å²) in [5.74, 6) is 1.12. The second-order valence-electron chi connectivity index (χ2n) is 6.17. The Bertz CT molecular complexity index is 687. The molecule has 1 N–H and O–H groups in total. The van der Waals surface area contributed by atoms with Crippen LogP contribution >= 0.6 is 0 Å². The van der Waals surface area contributed by atoms with Gasteiger partial charge in [-0.2, -0.15) is 0 Å². The number of hydrogen-bond donors (Lipinski definition) is 1. The van der Waals surface area contributed by atoms with Crippen LogP contribution in [0.2, 0.25) is 0 Å². The van der Waals surface area contributed by atoms with Gasteiger partial charge in [-0.3, -0.25) is 4.99 Å². The average Bonchev–Trinajstić information content (AvgIpc) is 2.62. The fourth-order valence-electron chi connectivity index (χ4n) is 2.80. The van der Waals surface area contributed by atoms with E-state index in [1.165, 1.54) is 11.1 Å². The molecule has 0 amide bonds. The van der Waals surface area contributed by atoms with Gasteiger partial charge in [-0.15, -0.1) is 0 Å². The third kappa shape index (κ3) is 6.53. The maximum absolute atomic E-state index is 11.6. The molecule has 1 fully saturated rings. The van der Waals surface area contributed by atoms with Gasteiger partial charge >= 0.3 is 0 Å². The summed E-state index contributed by atoms with van der Waals surface area (Å²) in [6, 6.07) is 10.4. The Balaban J connectivity index is 1.94. The highest BCUT2D eigenvalue weighted by Crippen LogP contribution is 2.19. The Kier molecular flexibility index (Phi) is 7.50. The van der Waals surface area contributed by atoms with E-state index in [0.717, 1.165) is 38.4 Å². The Morgan fingerprint density at radius 3 is 2.48 bits per heavy atom. The number of nitrogens with one attached hydrogen (secondary N) is 1. The minimum Gasteiger partial charge on any atom is -0.357 e. The van der Waals surface area contributed by atoms with E-state index in [0.29, 0.717) is 6.54 Å². The van der Waals surface area contributed by atoms with Crippen LogP contribution in [0.25, 0.3) is 6.08 Å². The molecule has 0 bridgehead atoms. The third-order valence-electron chi connectivity index (χ3n) is 4.31. The first-order valence-corrected chi connectivity index (χ1v) is 10.8. The summed E-state index contributed by atoms with van der Waals surface area (Å²) >= 11 is 0. The molecule has 6 heteroatoms. The standard InChI is InChI=1S/C19H29N3O2S/c1-3-20-19(21-12-15-25(23,24)4-2)22-13-10-18(11-14-22)16-17-8-6-5-7-9-17/h5-9,16H,3-4,10-15H2,1-2H3,(H,20,21). The van der Waals surface area contributed by atoms with Crippen molar-refractivity contribution >= 4 is 21.9 Å². The van der Waals surface area contributed by atoms with Crippen molar-refractivity contribution in [3.63, 3.8) is 0 Å². The summed E-state index contributed by atoms with van der Waals surface area (Å²) in [5, 5.41) is 3.28. The number of likely N-dealkylation sites (tertiary alicyclic amines) is 1. The van der Waals surface area contributed by atoms with Gasteiger partial charge in [0.15, 0.2) is 15.8 Å². The van der Waals surface area contributed by atoms with Crippen LogP contribution in [0.1, 0.15) is 32.3 Å². The summed E-state index contributed by atoms with van der Waals surface area (Å²) in [4.78, 5) is 6.74. The zero-order valence-electron chi connectivity index (χ0n) is 15.2. The van der Waals surface area contributed by atoms with Gasteiger partial charge in [0.05, 0.1) is 12.3 Å². The van der Waals surface area contributed by atoms with E-state index in [-0.39, 0.29) is 11.5 Å². The molecule has 1 heterocycles. The van der Waals surface area contributed by atoms with Crippen LogP contribution in [0.5, 0.6) is 0 Å². The summed E-state index contributed by atoms with van der Waals surface area (Å²) in [6.07, 6.45) is 4.29. The molecule has 0 unspecified atom stereocenters. The molecule has 1 aliphatic rings. The van der Waals surface area contributed by atoms with Gasteiger partial charge in [0, 0.05) is 25.4 Å². The van der Waals surface area contributed by atoms with Crippen molar-refractivity contribution in [3.05, 3.63) is 41.5 Å². The van der Waals surface area contributed by atoms with Crippen molar-refractivity contribution in [3.8, 4) is 0 Å². The molecule has 138 valence electrons. The van der Waals surface area contributed by atoms with Gasteiger partial charge in [0.1, 0.15) is 0 Å². The molecule has 1 aliphatic heterocycles. The summed E-state index contributed by atoms with van der Waals surface area (Å²) in [7, 11) is -2.97. The van der Waals surface area contributed by atoms with E-state index in [1.54, 1.807) is 6.92 Å². The molecule has 1 aromatic rings. The van der Waals surface area contributed by atoms with Crippen molar-refractivity contribution in [1.82, 2.24) is 10.2 Å². The number of rotatable bonds is 6. The summed E-state index contributed by atoms with van der Waals surface area (Å²) in [5.41, 5.74) is 2.70. The lowest BCUT2D eigenvalue weighted by atomic mass is 10.0. The van der Waals surface area contributed by atoms with Gasteiger partial charge in [0.2, 0.25) is 0 Å². The van der Waals surface area contributed by atoms with E-state index in [1.807, 2.05) is 13.0 Å². The van der Waals surface area contributed by atoms with Gasteiger partial charge in [-0.25, -0.2) is 8.42 Å². The van der Waals surface area contributed by atoms with Crippen molar-refractivity contribution < 1.29 is 8.42 Å². The highest BCUT2D eigenvalue weighted by atomic mass is 32.2. The van der Waals surface area contributed by atoms with E-state index >= 15 is 0 Å². The summed E-state index contributed by atoms with van der Waals surface area (Å²) < 4.78 is 23.2. The highest BCUT2D eigenvalue weighted by molar-refractivity contribution is 7.91. The minimum absolute atomic E-state index is 0.116. The zero-order valence-corrected chi connectivity index (χ0v) is 16.1. The molecular formula is C19H29N3O2S. The van der Waals surface area contributed by atoms with Crippen molar-refractivity contribution in [2.45, 2.75) is 26.7 Å². The quantitative estimate of drug-likeness (QED) is 0.623. The van der Waals surface area contributed by atoms with Gasteiger partial charge in [0.25, 0.3) is 0 Å². The van der Waals surface area contributed by atoms with E-state index in [4.69, 9.17) is 0 Å². The lowest BCUT2D eigenvalue weighted by molar-refractivity contribution is 0.376. The molecule has 0 radical (unpaired) electrons. The maximum atomic E-state index is 11.6. The monoisotopic (exact) mass is 363 g/mol. The lowest BCUT2D eigenvalue weighted by Crippen LogP contribution is -2.44. The number of benzene rings is 1. The minimum atomic E-state index is -2.97. The number of aliphatic imine (C=N–C) groups is 1. The smallest absolute Gasteiger partial charge is 0.193 e. The molecule has 0 atom stereocenters. The lowest BCUT2D eigenvalue weighted by Gasteiger charge is -2.31. The Morgan fingerprint density at radius 2 is 1.88 bits per heavy atom. The average molecular weight is 364 g/mol. The fraction of sp³-hybridized carbons (Fsp3) is 0.526. The van der Waals surface area contributed by atoms with Gasteiger partial charge in [-0.05, 0) is 25.3 Å². The van der Waals surface area contributed by atoms with Crippen LogP contribution in [0.3, 0.4) is 0 Å². The normalized spacial score (nSPS) is 16.0. The fourth-order valence-corrected chi connectivity index (χ4v) is 3.45. The topological polar surface area (TPSA) is 61.8 Å². The van der Waals surface area contributed by atoms with Crippen LogP contribution < -0.4 is 5.32 Å². The Labute approximate surface area is 151 Å². The number of guanidine groups is 1. The molecule has 5 nitrogen and oxygen atoms in total. The molecule has 1 saturated heterocycles. The second-order valence-corrected chi connectivity index (χ2v) is 8.65. The number of sulfone groups is 1. The van der Waals surface area contributed by atoms with Crippen molar-refractivity contribution in [2.75, 3.05) is 37.7 Å². The number of nitrogens with zero attached hydrogens (tertiary/aromatic N) is 2. The molecular weight excluding hydrogens is 334 g/mol. The van der Waals surface area contributed by atoms with Crippen LogP contribution in [0.4, 0.5) is 0 Å². The molecule has 1 aromatic carbocycles. The molecule has 25 heavy (non-hydrogen) atoms. The van der Waals surface area contributed by atoms with Crippen molar-refractivity contribution in [2.24, 2.45) is 4.99 Å². The largest absolute Gasteiger partial charge is 0.357 e. The first-order chi connectivity index (χ1) is 12.0. The van der Waals surface area contributed by atoms with E-state index in [2.05, 4.69) is 45.6 Å². The van der Waals surface area contributed by atoms with Crippen LogP contribution in [0, 0.1) is 0 Å². The molecule has 0 spiro atoms. The first-order valence-electron chi connectivity index (χ1n) is 9.02. The van der Waals surface area contributed by atoms with E-state index < -0.39 is 9.84 Å². The predicted molar refractivity (Wildman–Crippen MR) is 106 cm³/mol. The Hall–Kier alpha value is -1.82. The van der Waals surface area contributed by atoms with Crippen LogP contribution in [-0.2, 0) is 9.84 Å². The molecule has 0 aliphatic carbocycles.